The lowest BCUT2D eigenvalue weighted by Crippen LogP contribution is -2.24. The molecule has 0 aliphatic carbocycles. The van der Waals surface area contributed by atoms with Gasteiger partial charge in [-0.2, -0.15) is 0 Å². The van der Waals surface area contributed by atoms with Crippen molar-refractivity contribution in [2.45, 2.75) is 12.5 Å². The van der Waals surface area contributed by atoms with Crippen LogP contribution in [0.2, 0.25) is 0 Å². The van der Waals surface area contributed by atoms with Gasteiger partial charge in [0.2, 0.25) is 0 Å². The summed E-state index contributed by atoms with van der Waals surface area (Å²) in [6.45, 7) is 3.79. The monoisotopic (exact) mass is 201 g/mol. The van der Waals surface area contributed by atoms with Crippen LogP contribution < -0.4 is 5.32 Å². The van der Waals surface area contributed by atoms with E-state index in [0.717, 1.165) is 17.4 Å². The first-order valence-electron chi connectivity index (χ1n) is 5.09. The fourth-order valence-corrected chi connectivity index (χ4v) is 1.68. The van der Waals surface area contributed by atoms with E-state index >= 15 is 0 Å². The van der Waals surface area contributed by atoms with E-state index in [9.17, 15) is 0 Å². The van der Waals surface area contributed by atoms with Crippen LogP contribution in [0.5, 0.6) is 0 Å². The third kappa shape index (κ3) is 2.10. The van der Waals surface area contributed by atoms with Gasteiger partial charge in [-0.15, -0.1) is 6.58 Å². The van der Waals surface area contributed by atoms with Crippen LogP contribution in [-0.2, 0) is 6.42 Å². The zero-order valence-corrected chi connectivity index (χ0v) is 8.86. The minimum Gasteiger partial charge on any atom is -0.464 e. The number of benzene rings is 1. The summed E-state index contributed by atoms with van der Waals surface area (Å²) >= 11 is 0. The highest BCUT2D eigenvalue weighted by molar-refractivity contribution is 5.77. The van der Waals surface area contributed by atoms with E-state index in [1.54, 1.807) is 6.26 Å². The number of hydrogen-bond donors (Lipinski definition) is 1. The van der Waals surface area contributed by atoms with Gasteiger partial charge in [-0.25, -0.2) is 0 Å². The molecule has 1 unspecified atom stereocenters. The summed E-state index contributed by atoms with van der Waals surface area (Å²) in [5.74, 6) is 0. The lowest BCUT2D eigenvalue weighted by atomic mass is 10.1. The van der Waals surface area contributed by atoms with Crippen molar-refractivity contribution in [3.8, 4) is 0 Å². The normalized spacial score (nSPS) is 12.9. The van der Waals surface area contributed by atoms with Crippen molar-refractivity contribution >= 4 is 11.0 Å². The molecule has 2 rings (SSSR count). The van der Waals surface area contributed by atoms with Crippen LogP contribution >= 0.6 is 0 Å². The molecule has 0 fully saturated rings. The van der Waals surface area contributed by atoms with Gasteiger partial charge in [0.25, 0.3) is 0 Å². The Morgan fingerprint density at radius 1 is 1.47 bits per heavy atom. The lowest BCUT2D eigenvalue weighted by molar-refractivity contribution is 0.614. The first-order valence-corrected chi connectivity index (χ1v) is 5.09. The highest BCUT2D eigenvalue weighted by Gasteiger charge is 2.04. The molecule has 1 aromatic carbocycles. The second kappa shape index (κ2) is 4.32. The van der Waals surface area contributed by atoms with E-state index in [1.165, 1.54) is 5.56 Å². The van der Waals surface area contributed by atoms with Gasteiger partial charge in [-0.1, -0.05) is 18.2 Å². The van der Waals surface area contributed by atoms with Crippen molar-refractivity contribution in [1.29, 1.82) is 0 Å². The van der Waals surface area contributed by atoms with Crippen LogP contribution in [0.25, 0.3) is 11.0 Å². The van der Waals surface area contributed by atoms with Crippen molar-refractivity contribution in [2.75, 3.05) is 7.05 Å². The quantitative estimate of drug-likeness (QED) is 0.769. The third-order valence-electron chi connectivity index (χ3n) is 2.63. The number of nitrogens with one attached hydrogen (secondary N) is 1. The molecule has 1 atom stereocenters. The number of furan rings is 1. The van der Waals surface area contributed by atoms with E-state index < -0.39 is 0 Å². The molecule has 0 aliphatic rings. The minimum absolute atomic E-state index is 0.317. The van der Waals surface area contributed by atoms with Crippen molar-refractivity contribution < 1.29 is 4.42 Å². The molecular formula is C13H15NO. The van der Waals surface area contributed by atoms with Gasteiger partial charge in [0.05, 0.1) is 6.26 Å². The van der Waals surface area contributed by atoms with E-state index in [0.29, 0.717) is 6.04 Å². The molecule has 1 heterocycles. The number of rotatable bonds is 4. The zero-order chi connectivity index (χ0) is 10.7. The highest BCUT2D eigenvalue weighted by atomic mass is 16.3. The fourth-order valence-electron chi connectivity index (χ4n) is 1.68. The SMILES string of the molecule is C=CC(Cc1ccc2ccoc2c1)NC. The Bertz CT molecular complexity index is 458. The summed E-state index contributed by atoms with van der Waals surface area (Å²) in [6.07, 6.45) is 4.58. The molecule has 2 nitrogen and oxygen atoms in total. The Hall–Kier alpha value is -1.54. The summed E-state index contributed by atoms with van der Waals surface area (Å²) in [4.78, 5) is 0. The maximum Gasteiger partial charge on any atom is 0.134 e. The van der Waals surface area contributed by atoms with Crippen molar-refractivity contribution in [2.24, 2.45) is 0 Å². The second-order valence-electron chi connectivity index (χ2n) is 3.63. The first kappa shape index (κ1) is 9.99. The molecule has 0 spiro atoms. The smallest absolute Gasteiger partial charge is 0.134 e. The van der Waals surface area contributed by atoms with E-state index in [2.05, 4.69) is 30.1 Å². The van der Waals surface area contributed by atoms with E-state index in [-0.39, 0.29) is 0 Å². The molecule has 0 amide bonds. The van der Waals surface area contributed by atoms with Crippen molar-refractivity contribution in [3.63, 3.8) is 0 Å². The first-order chi connectivity index (χ1) is 7.33. The third-order valence-corrected chi connectivity index (χ3v) is 2.63. The van der Waals surface area contributed by atoms with Gasteiger partial charge in [0, 0.05) is 11.4 Å². The van der Waals surface area contributed by atoms with Gasteiger partial charge >= 0.3 is 0 Å². The minimum atomic E-state index is 0.317. The second-order valence-corrected chi connectivity index (χ2v) is 3.63. The number of likely N-dealkylation sites (N-methyl/N-ethyl adjacent to an activating group) is 1. The average molecular weight is 201 g/mol. The molecule has 1 N–H and O–H groups in total. The van der Waals surface area contributed by atoms with Crippen LogP contribution in [0, 0.1) is 0 Å². The molecule has 2 aromatic rings. The van der Waals surface area contributed by atoms with Gasteiger partial charge in [0.1, 0.15) is 5.58 Å². The Morgan fingerprint density at radius 2 is 2.33 bits per heavy atom. The van der Waals surface area contributed by atoms with Gasteiger partial charge < -0.3 is 9.73 Å². The van der Waals surface area contributed by atoms with Crippen LogP contribution in [0.1, 0.15) is 5.56 Å². The Balaban J connectivity index is 2.24. The predicted octanol–water partition coefficient (Wildman–Crippen LogP) is 2.75. The van der Waals surface area contributed by atoms with E-state index in [1.807, 2.05) is 19.2 Å². The van der Waals surface area contributed by atoms with E-state index in [4.69, 9.17) is 4.42 Å². The predicted molar refractivity (Wildman–Crippen MR) is 63.0 cm³/mol. The van der Waals surface area contributed by atoms with Gasteiger partial charge in [0.15, 0.2) is 0 Å². The summed E-state index contributed by atoms with van der Waals surface area (Å²) in [5, 5.41) is 4.34. The number of hydrogen-bond acceptors (Lipinski definition) is 2. The maximum absolute atomic E-state index is 5.36. The number of fused-ring (bicyclic) bond motifs is 1. The molecule has 1 aromatic heterocycles. The van der Waals surface area contributed by atoms with Crippen molar-refractivity contribution in [1.82, 2.24) is 5.32 Å². The Kier molecular flexibility index (Phi) is 2.88. The molecule has 0 saturated heterocycles. The van der Waals surface area contributed by atoms with Crippen LogP contribution in [-0.4, -0.2) is 13.1 Å². The molecule has 78 valence electrons. The fraction of sp³-hybridized carbons (Fsp3) is 0.231. The molecule has 0 bridgehead atoms. The molecule has 15 heavy (non-hydrogen) atoms. The topological polar surface area (TPSA) is 25.2 Å². The molecule has 0 saturated carbocycles. The van der Waals surface area contributed by atoms with Gasteiger partial charge in [-0.3, -0.25) is 0 Å². The van der Waals surface area contributed by atoms with Crippen molar-refractivity contribution in [3.05, 3.63) is 48.7 Å². The molecule has 0 aliphatic heterocycles. The van der Waals surface area contributed by atoms with Crippen LogP contribution in [0.3, 0.4) is 0 Å². The average Bonchev–Trinajstić information content (AvgIpc) is 2.73. The standard InChI is InChI=1S/C13H15NO/c1-3-12(14-2)8-10-4-5-11-6-7-15-13(11)9-10/h3-7,9,12,14H,1,8H2,2H3. The zero-order valence-electron chi connectivity index (χ0n) is 8.86. The highest BCUT2D eigenvalue weighted by Crippen LogP contribution is 2.17. The summed E-state index contributed by atoms with van der Waals surface area (Å²) < 4.78 is 5.36. The lowest BCUT2D eigenvalue weighted by Gasteiger charge is -2.10. The van der Waals surface area contributed by atoms with Crippen LogP contribution in [0.15, 0.2) is 47.6 Å². The molecule has 0 radical (unpaired) electrons. The maximum atomic E-state index is 5.36. The Morgan fingerprint density at radius 3 is 3.07 bits per heavy atom. The summed E-state index contributed by atoms with van der Waals surface area (Å²) in [7, 11) is 1.94. The largest absolute Gasteiger partial charge is 0.464 e. The molecule has 2 heteroatoms. The Labute approximate surface area is 89.6 Å². The van der Waals surface area contributed by atoms with Crippen LogP contribution in [0.4, 0.5) is 0 Å². The summed E-state index contributed by atoms with van der Waals surface area (Å²) in [5.41, 5.74) is 2.21. The van der Waals surface area contributed by atoms with Gasteiger partial charge in [-0.05, 0) is 31.2 Å². The molecular weight excluding hydrogens is 186 g/mol. The summed E-state index contributed by atoms with van der Waals surface area (Å²) in [6, 6.07) is 8.60.